The normalized spacial score (nSPS) is 14.0. The van der Waals surface area contributed by atoms with Crippen LogP contribution in [-0.2, 0) is 18.6 Å². The van der Waals surface area contributed by atoms with E-state index < -0.39 is 14.6 Å². The van der Waals surface area contributed by atoms with Gasteiger partial charge in [-0.1, -0.05) is 48.5 Å². The zero-order chi connectivity index (χ0) is 29.1. The molecule has 0 aliphatic heterocycles. The Morgan fingerprint density at radius 2 is 1.57 bits per heavy atom. The Bertz CT molecular complexity index is 1120. The molecule has 3 rings (SSSR count). The molecule has 0 spiro atoms. The minimum absolute atomic E-state index is 0.0148. The Labute approximate surface area is 239 Å². The van der Waals surface area contributed by atoms with Gasteiger partial charge in [-0.25, -0.2) is 9.46 Å². The molecule has 10 heteroatoms. The maximum Gasteiger partial charge on any atom is 0.407 e. The third-order valence-corrected chi connectivity index (χ3v) is 8.54. The molecule has 40 heavy (non-hydrogen) atoms. The molecule has 216 valence electrons. The highest BCUT2D eigenvalue weighted by atomic mass is 31.2. The van der Waals surface area contributed by atoms with Gasteiger partial charge in [0.1, 0.15) is 6.61 Å². The highest BCUT2D eigenvalue weighted by molar-refractivity contribution is 7.44. The van der Waals surface area contributed by atoms with Gasteiger partial charge in [0.15, 0.2) is 0 Å². The first-order valence-corrected chi connectivity index (χ1v) is 14.9. The average Bonchev–Trinajstić information content (AvgIpc) is 3.23. The summed E-state index contributed by atoms with van der Waals surface area (Å²) in [5, 5.41) is 14.4. The first-order chi connectivity index (χ1) is 19.2. The van der Waals surface area contributed by atoms with Crippen LogP contribution in [0.2, 0.25) is 0 Å². The van der Waals surface area contributed by atoms with Crippen LogP contribution in [0.1, 0.15) is 64.5 Å². The van der Waals surface area contributed by atoms with E-state index in [1.807, 2.05) is 31.2 Å². The van der Waals surface area contributed by atoms with Crippen LogP contribution in [0.25, 0.3) is 11.1 Å². The number of carbonyl (C=O) groups excluding carboxylic acids is 2. The lowest BCUT2D eigenvalue weighted by molar-refractivity contribution is -0.121. The molecule has 0 radical (unpaired) electrons. The molecule has 0 bridgehead atoms. The van der Waals surface area contributed by atoms with Crippen LogP contribution in [0.4, 0.5) is 4.79 Å². The predicted molar refractivity (Wildman–Crippen MR) is 156 cm³/mol. The van der Waals surface area contributed by atoms with Crippen LogP contribution in [0.5, 0.6) is 0 Å². The molecule has 0 fully saturated rings. The Balaban J connectivity index is 1.40. The molecule has 0 saturated heterocycles. The number of benzene rings is 2. The lowest BCUT2D eigenvalue weighted by atomic mass is 9.98. The summed E-state index contributed by atoms with van der Waals surface area (Å²) < 4.78 is 19.6. The lowest BCUT2D eigenvalue weighted by Crippen LogP contribution is -2.39. The van der Waals surface area contributed by atoms with Gasteiger partial charge in [-0.3, -0.25) is 4.79 Å². The maximum atomic E-state index is 12.5. The molecule has 1 aliphatic carbocycles. The van der Waals surface area contributed by atoms with Gasteiger partial charge in [-0.05, 0) is 56.9 Å². The molecule has 9 nitrogen and oxygen atoms in total. The van der Waals surface area contributed by atoms with E-state index in [1.54, 1.807) is 0 Å². The first kappa shape index (κ1) is 31.5. The summed E-state index contributed by atoms with van der Waals surface area (Å²) in [5.74, 6) is -0.215. The van der Waals surface area contributed by atoms with Crippen molar-refractivity contribution in [2.24, 2.45) is 0 Å². The number of hydrogen-bond acceptors (Lipinski definition) is 7. The third-order valence-electron chi connectivity index (χ3n) is 6.47. The molecular weight excluding hydrogens is 527 g/mol. The summed E-state index contributed by atoms with van der Waals surface area (Å²) in [6.45, 7) is 11.1. The fraction of sp³-hybridized carbons (Fsp3) is 0.500. The molecule has 2 N–H and O–H groups in total. The molecule has 2 aromatic rings. The lowest BCUT2D eigenvalue weighted by Gasteiger charge is -2.36. The molecule has 0 aromatic heterocycles. The second-order valence-corrected chi connectivity index (χ2v) is 11.8. The van der Waals surface area contributed by atoms with Crippen LogP contribution >= 0.6 is 8.53 Å². The van der Waals surface area contributed by atoms with E-state index in [4.69, 9.17) is 19.0 Å². The molecular formula is C30H41N4O5P. The number of amides is 2. The van der Waals surface area contributed by atoms with Gasteiger partial charge in [0.05, 0.1) is 25.7 Å². The van der Waals surface area contributed by atoms with Crippen molar-refractivity contribution in [3.05, 3.63) is 59.7 Å². The quantitative estimate of drug-likeness (QED) is 0.209. The van der Waals surface area contributed by atoms with Crippen LogP contribution in [0, 0.1) is 11.3 Å². The van der Waals surface area contributed by atoms with Gasteiger partial charge < -0.3 is 24.4 Å². The standard InChI is InChI=1S/C30H41N4O5P/c1-21(2)34(22(3)4)40(38-18-10-16-31)39-19-23(5)33-29(35)15-17-32-30(36)37-20-28-26-13-8-6-11-24(26)25-12-7-9-14-27(25)28/h6-9,11-14,21-23,28H,10,15,17-20H2,1-5H3,(H,32,36)(H,33,35). The maximum absolute atomic E-state index is 12.5. The number of ether oxygens (including phenoxy) is 1. The van der Waals surface area contributed by atoms with Crippen molar-refractivity contribution in [3.8, 4) is 17.2 Å². The SMILES string of the molecule is CC(COP(OCCC#N)N(C(C)C)C(C)C)NC(=O)CCNC(=O)OCC1c2ccccc2-c2ccccc21. The molecule has 0 saturated carbocycles. The third kappa shape index (κ3) is 8.74. The number of fused-ring (bicyclic) bond motifs is 3. The van der Waals surface area contributed by atoms with Crippen molar-refractivity contribution < 1.29 is 23.4 Å². The van der Waals surface area contributed by atoms with Crippen molar-refractivity contribution >= 4 is 20.5 Å². The number of nitrogens with zero attached hydrogens (tertiary/aromatic N) is 2. The molecule has 2 aromatic carbocycles. The van der Waals surface area contributed by atoms with Crippen molar-refractivity contribution in [3.63, 3.8) is 0 Å². The van der Waals surface area contributed by atoms with Crippen molar-refractivity contribution in [2.75, 3.05) is 26.4 Å². The Morgan fingerprint density at radius 1 is 0.975 bits per heavy atom. The predicted octanol–water partition coefficient (Wildman–Crippen LogP) is 5.71. The van der Waals surface area contributed by atoms with E-state index in [9.17, 15) is 9.59 Å². The minimum atomic E-state index is -1.38. The van der Waals surface area contributed by atoms with Gasteiger partial charge in [0, 0.05) is 37.0 Å². The highest BCUT2D eigenvalue weighted by Crippen LogP contribution is 2.46. The number of nitrogens with one attached hydrogen (secondary N) is 2. The molecule has 1 aliphatic rings. The Morgan fingerprint density at radius 3 is 2.15 bits per heavy atom. The van der Waals surface area contributed by atoms with Crippen LogP contribution < -0.4 is 10.6 Å². The average molecular weight is 569 g/mol. The number of alkyl carbamates (subject to hydrolysis) is 1. The first-order valence-electron chi connectivity index (χ1n) is 13.8. The number of nitriles is 1. The van der Waals surface area contributed by atoms with Crippen LogP contribution in [-0.4, -0.2) is 61.2 Å². The van der Waals surface area contributed by atoms with Gasteiger partial charge >= 0.3 is 6.09 Å². The van der Waals surface area contributed by atoms with Gasteiger partial charge in [-0.15, -0.1) is 0 Å². The van der Waals surface area contributed by atoms with Crippen LogP contribution in [0.15, 0.2) is 48.5 Å². The van der Waals surface area contributed by atoms with Crippen molar-refractivity contribution in [1.82, 2.24) is 15.3 Å². The van der Waals surface area contributed by atoms with E-state index in [0.717, 1.165) is 11.1 Å². The van der Waals surface area contributed by atoms with Crippen molar-refractivity contribution in [1.29, 1.82) is 5.26 Å². The van der Waals surface area contributed by atoms with E-state index in [-0.39, 0.29) is 62.6 Å². The van der Waals surface area contributed by atoms with Crippen LogP contribution in [0.3, 0.4) is 0 Å². The monoisotopic (exact) mass is 568 g/mol. The molecule has 2 unspecified atom stereocenters. The second kappa shape index (κ2) is 15.7. The molecule has 2 atom stereocenters. The smallest absolute Gasteiger partial charge is 0.407 e. The van der Waals surface area contributed by atoms with E-state index >= 15 is 0 Å². The summed E-state index contributed by atoms with van der Waals surface area (Å²) in [5.41, 5.74) is 4.64. The zero-order valence-corrected chi connectivity index (χ0v) is 24.9. The van der Waals surface area contributed by atoms with E-state index in [0.29, 0.717) is 6.61 Å². The number of carbonyl (C=O) groups is 2. The summed E-state index contributed by atoms with van der Waals surface area (Å²) in [4.78, 5) is 24.8. The highest BCUT2D eigenvalue weighted by Gasteiger charge is 2.29. The summed E-state index contributed by atoms with van der Waals surface area (Å²) in [7, 11) is -1.38. The summed E-state index contributed by atoms with van der Waals surface area (Å²) in [6.07, 6.45) is -0.143. The van der Waals surface area contributed by atoms with Crippen molar-refractivity contribution in [2.45, 2.75) is 71.5 Å². The largest absolute Gasteiger partial charge is 0.449 e. The number of hydrogen-bond donors (Lipinski definition) is 2. The van der Waals surface area contributed by atoms with Gasteiger partial charge in [0.25, 0.3) is 8.53 Å². The Kier molecular flexibility index (Phi) is 12.4. The van der Waals surface area contributed by atoms with E-state index in [2.05, 4.69) is 73.3 Å². The number of rotatable bonds is 15. The summed E-state index contributed by atoms with van der Waals surface area (Å²) >= 11 is 0. The molecule has 0 heterocycles. The zero-order valence-electron chi connectivity index (χ0n) is 24.1. The Hall–Kier alpha value is -3.02. The summed E-state index contributed by atoms with van der Waals surface area (Å²) in [6, 6.07) is 18.6. The minimum Gasteiger partial charge on any atom is -0.449 e. The fourth-order valence-electron chi connectivity index (χ4n) is 4.81. The second-order valence-electron chi connectivity index (χ2n) is 10.3. The van der Waals surface area contributed by atoms with Gasteiger partial charge in [0.2, 0.25) is 5.91 Å². The molecule has 2 amide bonds. The fourth-order valence-corrected chi connectivity index (χ4v) is 6.50. The van der Waals surface area contributed by atoms with Gasteiger partial charge in [-0.2, -0.15) is 5.26 Å². The van der Waals surface area contributed by atoms with E-state index in [1.165, 1.54) is 11.1 Å². The topological polar surface area (TPSA) is 113 Å².